The maximum absolute atomic E-state index is 13.2. The van der Waals surface area contributed by atoms with Crippen molar-refractivity contribution in [2.24, 2.45) is 29.1 Å². The molecule has 0 aromatic heterocycles. The molecule has 3 rings (SSSR count). The molecule has 0 heterocycles. The maximum Gasteiger partial charge on any atom is 0.418 e. The van der Waals surface area contributed by atoms with Crippen LogP contribution in [0.25, 0.3) is 0 Å². The lowest BCUT2D eigenvalue weighted by atomic mass is 9.55. The van der Waals surface area contributed by atoms with Crippen molar-refractivity contribution in [3.8, 4) is 0 Å². The Labute approximate surface area is 120 Å². The number of hydrogen-bond acceptors (Lipinski definition) is 5. The number of ether oxygens (including phenoxy) is 1. The molecule has 0 aromatic rings. The SMILES string of the molecule is O=S(=O)(O)C(F)(F)C(O)OCC1C(CO)C2CCC3CC321. The molecule has 6 unspecified atom stereocenters. The fourth-order valence-corrected chi connectivity index (χ4v) is 5.02. The minimum absolute atomic E-state index is 0.0283. The first kappa shape index (κ1) is 15.5. The summed E-state index contributed by atoms with van der Waals surface area (Å²) in [5.41, 5.74) is 0.0283. The summed E-state index contributed by atoms with van der Waals surface area (Å²) in [7, 11) is -5.74. The molecule has 122 valence electrons. The van der Waals surface area contributed by atoms with Crippen molar-refractivity contribution in [3.05, 3.63) is 0 Å². The van der Waals surface area contributed by atoms with Crippen LogP contribution in [0.4, 0.5) is 8.78 Å². The molecule has 3 aliphatic carbocycles. The van der Waals surface area contributed by atoms with Crippen LogP contribution in [0.1, 0.15) is 19.3 Å². The third-order valence-electron chi connectivity index (χ3n) is 5.72. The predicted molar refractivity (Wildman–Crippen MR) is 65.8 cm³/mol. The van der Waals surface area contributed by atoms with Gasteiger partial charge in [0.2, 0.25) is 6.29 Å². The first-order valence-corrected chi connectivity index (χ1v) is 8.35. The molecule has 21 heavy (non-hydrogen) atoms. The fourth-order valence-electron chi connectivity index (χ4n) is 4.70. The van der Waals surface area contributed by atoms with E-state index < -0.39 is 21.7 Å². The van der Waals surface area contributed by atoms with Crippen LogP contribution in [0.3, 0.4) is 0 Å². The van der Waals surface area contributed by atoms with Crippen LogP contribution in [-0.2, 0) is 14.9 Å². The average Bonchev–Trinajstić information content (AvgIpc) is 3.04. The smallest absolute Gasteiger partial charge is 0.396 e. The summed E-state index contributed by atoms with van der Waals surface area (Å²) in [6, 6.07) is 0. The summed E-state index contributed by atoms with van der Waals surface area (Å²) in [6.07, 6.45) is 0.130. The summed E-state index contributed by atoms with van der Waals surface area (Å²) in [4.78, 5) is 0. The van der Waals surface area contributed by atoms with E-state index in [0.29, 0.717) is 11.8 Å². The summed E-state index contributed by atoms with van der Waals surface area (Å²) in [5.74, 6) is 0.703. The Morgan fingerprint density at radius 2 is 2.05 bits per heavy atom. The summed E-state index contributed by atoms with van der Waals surface area (Å²) in [5, 5.41) is 13.8. The number of aliphatic hydroxyl groups is 2. The lowest BCUT2D eigenvalue weighted by Crippen LogP contribution is -2.53. The van der Waals surface area contributed by atoms with Gasteiger partial charge in [0.1, 0.15) is 0 Å². The van der Waals surface area contributed by atoms with Crippen molar-refractivity contribution in [1.82, 2.24) is 0 Å². The third-order valence-corrected chi connectivity index (χ3v) is 6.61. The van der Waals surface area contributed by atoms with Gasteiger partial charge >= 0.3 is 15.4 Å². The Balaban J connectivity index is 1.63. The number of hydrogen-bond donors (Lipinski definition) is 3. The van der Waals surface area contributed by atoms with Gasteiger partial charge in [-0.1, -0.05) is 0 Å². The highest BCUT2D eigenvalue weighted by Gasteiger charge is 2.75. The Hall–Kier alpha value is -0.350. The van der Waals surface area contributed by atoms with Gasteiger partial charge in [-0.05, 0) is 48.3 Å². The Morgan fingerprint density at radius 3 is 2.57 bits per heavy atom. The molecular weight excluding hydrogens is 310 g/mol. The molecule has 1 spiro atoms. The second-order valence-electron chi connectivity index (χ2n) is 6.37. The highest BCUT2D eigenvalue weighted by molar-refractivity contribution is 7.86. The summed E-state index contributed by atoms with van der Waals surface area (Å²) < 4.78 is 60.4. The molecule has 9 heteroatoms. The minimum atomic E-state index is -5.74. The number of rotatable bonds is 6. The van der Waals surface area contributed by atoms with Crippen molar-refractivity contribution in [1.29, 1.82) is 0 Å². The van der Waals surface area contributed by atoms with Crippen molar-refractivity contribution in [3.63, 3.8) is 0 Å². The Bertz CT molecular complexity index is 538. The van der Waals surface area contributed by atoms with Gasteiger partial charge < -0.3 is 14.9 Å². The van der Waals surface area contributed by atoms with Crippen molar-refractivity contribution in [2.75, 3.05) is 13.2 Å². The van der Waals surface area contributed by atoms with E-state index >= 15 is 0 Å². The zero-order chi connectivity index (χ0) is 15.6. The molecule has 6 nitrogen and oxygen atoms in total. The van der Waals surface area contributed by atoms with Gasteiger partial charge in [0.15, 0.2) is 0 Å². The monoisotopic (exact) mass is 328 g/mol. The average molecular weight is 328 g/mol. The molecule has 0 aromatic carbocycles. The quantitative estimate of drug-likeness (QED) is 0.483. The van der Waals surface area contributed by atoms with Crippen LogP contribution >= 0.6 is 0 Å². The molecule has 0 bridgehead atoms. The van der Waals surface area contributed by atoms with E-state index in [-0.39, 0.29) is 30.5 Å². The van der Waals surface area contributed by atoms with Crippen molar-refractivity contribution in [2.45, 2.75) is 30.8 Å². The molecule has 6 atom stereocenters. The molecule has 3 aliphatic rings. The van der Waals surface area contributed by atoms with E-state index in [4.69, 9.17) is 4.55 Å². The van der Waals surface area contributed by atoms with Gasteiger partial charge in [-0.25, -0.2) is 0 Å². The number of halogens is 2. The van der Waals surface area contributed by atoms with E-state index in [2.05, 4.69) is 4.74 Å². The first-order valence-electron chi connectivity index (χ1n) is 6.91. The summed E-state index contributed by atoms with van der Waals surface area (Å²) in [6.45, 7) is -0.317. The summed E-state index contributed by atoms with van der Waals surface area (Å²) >= 11 is 0. The molecule has 0 saturated heterocycles. The molecule has 0 radical (unpaired) electrons. The van der Waals surface area contributed by atoms with E-state index in [1.54, 1.807) is 0 Å². The fraction of sp³-hybridized carbons (Fsp3) is 1.00. The lowest BCUT2D eigenvalue weighted by Gasteiger charge is -2.51. The lowest BCUT2D eigenvalue weighted by molar-refractivity contribution is -0.223. The Kier molecular flexibility index (Phi) is 3.39. The zero-order valence-corrected chi connectivity index (χ0v) is 12.0. The first-order chi connectivity index (χ1) is 9.66. The number of alkyl halides is 2. The van der Waals surface area contributed by atoms with Gasteiger partial charge in [0.25, 0.3) is 0 Å². The second-order valence-corrected chi connectivity index (χ2v) is 7.87. The van der Waals surface area contributed by atoms with Crippen LogP contribution in [0.2, 0.25) is 0 Å². The normalized spacial score (nSPS) is 42.9. The molecule has 3 fully saturated rings. The largest absolute Gasteiger partial charge is 0.418 e. The van der Waals surface area contributed by atoms with E-state index in [0.717, 1.165) is 19.3 Å². The van der Waals surface area contributed by atoms with Gasteiger partial charge in [-0.2, -0.15) is 17.2 Å². The van der Waals surface area contributed by atoms with Crippen molar-refractivity contribution < 1.29 is 36.7 Å². The van der Waals surface area contributed by atoms with Crippen molar-refractivity contribution >= 4 is 10.1 Å². The van der Waals surface area contributed by atoms with Crippen LogP contribution in [0.15, 0.2) is 0 Å². The van der Waals surface area contributed by atoms with E-state index in [9.17, 15) is 27.4 Å². The van der Waals surface area contributed by atoms with Crippen LogP contribution in [0, 0.1) is 29.1 Å². The van der Waals surface area contributed by atoms with Crippen LogP contribution < -0.4 is 0 Å². The van der Waals surface area contributed by atoms with Crippen LogP contribution in [0.5, 0.6) is 0 Å². The minimum Gasteiger partial charge on any atom is -0.396 e. The van der Waals surface area contributed by atoms with Gasteiger partial charge in [-0.15, -0.1) is 0 Å². The molecular formula is C12H18F2O6S. The van der Waals surface area contributed by atoms with Crippen LogP contribution in [-0.4, -0.2) is 47.9 Å². The highest BCUT2D eigenvalue weighted by Crippen LogP contribution is 2.80. The second kappa shape index (κ2) is 4.58. The molecule has 0 amide bonds. The van der Waals surface area contributed by atoms with E-state index in [1.807, 2.05) is 0 Å². The predicted octanol–water partition coefficient (Wildman–Crippen LogP) is 0.457. The van der Waals surface area contributed by atoms with Gasteiger partial charge in [-0.3, -0.25) is 4.55 Å². The Morgan fingerprint density at radius 1 is 1.38 bits per heavy atom. The maximum atomic E-state index is 13.2. The zero-order valence-electron chi connectivity index (χ0n) is 11.2. The third kappa shape index (κ3) is 1.98. The topological polar surface area (TPSA) is 104 Å². The van der Waals surface area contributed by atoms with Gasteiger partial charge in [0.05, 0.1) is 6.61 Å². The standard InChI is InChI=1S/C12H18F2O6S/c13-12(14,21(17,18)19)10(16)20-5-9-7(4-15)8-2-1-6-3-11(6,8)9/h6-10,15-16H,1-5H2,(H,17,18,19). The molecule has 3 saturated carbocycles. The van der Waals surface area contributed by atoms with E-state index in [1.165, 1.54) is 0 Å². The van der Waals surface area contributed by atoms with Gasteiger partial charge in [0, 0.05) is 6.61 Å². The number of aliphatic hydroxyl groups excluding tert-OH is 2. The molecule has 3 N–H and O–H groups in total. The highest BCUT2D eigenvalue weighted by atomic mass is 32.2. The molecule has 0 aliphatic heterocycles.